The first-order valence-corrected chi connectivity index (χ1v) is 9.56. The summed E-state index contributed by atoms with van der Waals surface area (Å²) in [5, 5.41) is 12.6. The van der Waals surface area contributed by atoms with Crippen LogP contribution in [0.5, 0.6) is 0 Å². The minimum Gasteiger partial charge on any atom is -0.354 e. The maximum absolute atomic E-state index is 8.76. The first kappa shape index (κ1) is 20.0. The highest BCUT2D eigenvalue weighted by Gasteiger charge is 2.11. The highest BCUT2D eigenvalue weighted by molar-refractivity contribution is 6.09. The van der Waals surface area contributed by atoms with Crippen molar-refractivity contribution >= 4 is 44.6 Å². The van der Waals surface area contributed by atoms with E-state index in [0.29, 0.717) is 22.4 Å². The lowest BCUT2D eigenvalue weighted by Crippen LogP contribution is -2.10. The molecule has 0 radical (unpaired) electrons. The average molecular weight is 409 g/mol. The van der Waals surface area contributed by atoms with Gasteiger partial charge in [0.15, 0.2) is 0 Å². The second kappa shape index (κ2) is 8.61. The van der Waals surface area contributed by atoms with Crippen LogP contribution >= 0.6 is 0 Å². The van der Waals surface area contributed by atoms with Gasteiger partial charge >= 0.3 is 0 Å². The van der Waals surface area contributed by atoms with Gasteiger partial charge in [0.1, 0.15) is 0 Å². The van der Waals surface area contributed by atoms with Gasteiger partial charge < -0.3 is 10.2 Å². The molecule has 0 saturated heterocycles. The molecule has 9 heteroatoms. The number of hydrogen-bond donors (Lipinski definition) is 1. The van der Waals surface area contributed by atoms with Crippen LogP contribution in [0.2, 0.25) is 0 Å². The Morgan fingerprint density at radius 3 is 1.87 bits per heavy atom. The Hall–Kier alpha value is -4.29. The van der Waals surface area contributed by atoms with Crippen molar-refractivity contribution in [2.45, 2.75) is 6.54 Å². The van der Waals surface area contributed by atoms with Crippen LogP contribution in [0.4, 0.5) is 22.7 Å². The van der Waals surface area contributed by atoms with Gasteiger partial charge in [0, 0.05) is 44.2 Å². The lowest BCUT2D eigenvalue weighted by molar-refractivity contribution is 0.402. The van der Waals surface area contributed by atoms with Gasteiger partial charge in [-0.2, -0.15) is 0 Å². The van der Waals surface area contributed by atoms with Gasteiger partial charge in [-0.3, -0.25) is 0 Å². The Balaban J connectivity index is 1.87. The summed E-state index contributed by atoms with van der Waals surface area (Å²) in [7, 11) is 4.08. The summed E-state index contributed by atoms with van der Waals surface area (Å²) in [5.74, 6) is 0. The van der Waals surface area contributed by atoms with Crippen LogP contribution in [-0.4, -0.2) is 24.0 Å². The van der Waals surface area contributed by atoms with E-state index in [2.05, 4.69) is 42.4 Å². The minimum absolute atomic E-state index is 0.479. The molecule has 4 rings (SSSR count). The van der Waals surface area contributed by atoms with Gasteiger partial charge in [0.05, 0.1) is 16.7 Å². The molecule has 0 fully saturated rings. The number of rotatable bonds is 6. The number of hydrogen-bond acceptors (Lipinski definition) is 5. The van der Waals surface area contributed by atoms with E-state index in [-0.39, 0.29) is 0 Å². The van der Waals surface area contributed by atoms with Gasteiger partial charge in [0.25, 0.3) is 0 Å². The molecule has 0 unspecified atom stereocenters. The first-order valence-electron chi connectivity index (χ1n) is 9.56. The monoisotopic (exact) mass is 409 g/mol. The molecule has 4 aromatic rings. The fourth-order valence-corrected chi connectivity index (χ4v) is 3.49. The molecule has 1 N–H and O–H groups in total. The fraction of sp³-hybridized carbons (Fsp3) is 0.136. The highest BCUT2D eigenvalue weighted by Crippen LogP contribution is 2.36. The topological polar surface area (TPSA) is 126 Å². The molecule has 31 heavy (non-hydrogen) atoms. The maximum atomic E-state index is 8.76. The molecule has 152 valence electrons. The zero-order valence-electron chi connectivity index (χ0n) is 17.1. The van der Waals surface area contributed by atoms with Crippen molar-refractivity contribution in [3.8, 4) is 0 Å². The van der Waals surface area contributed by atoms with Crippen molar-refractivity contribution in [1.29, 1.82) is 0 Å². The highest BCUT2D eigenvalue weighted by atomic mass is 15.1. The van der Waals surface area contributed by atoms with Gasteiger partial charge in [-0.25, -0.2) is 4.98 Å². The Labute approximate surface area is 178 Å². The van der Waals surface area contributed by atoms with E-state index < -0.39 is 0 Å². The molecule has 0 saturated carbocycles. The summed E-state index contributed by atoms with van der Waals surface area (Å²) in [4.78, 5) is 12.5. The average Bonchev–Trinajstić information content (AvgIpc) is 2.75. The number of anilines is 2. The minimum atomic E-state index is 0.479. The lowest BCUT2D eigenvalue weighted by Gasteiger charge is -2.15. The number of benzene rings is 3. The second-order valence-electron chi connectivity index (χ2n) is 7.33. The maximum Gasteiger partial charge on any atom is 0.0735 e. The zero-order chi connectivity index (χ0) is 21.8. The van der Waals surface area contributed by atoms with Crippen LogP contribution in [0.1, 0.15) is 5.56 Å². The Bertz CT molecular complexity index is 1290. The van der Waals surface area contributed by atoms with Crippen molar-refractivity contribution in [2.75, 3.05) is 19.4 Å². The molecule has 1 aromatic heterocycles. The Morgan fingerprint density at radius 2 is 1.39 bits per heavy atom. The number of pyridine rings is 1. The van der Waals surface area contributed by atoms with Crippen LogP contribution in [0.15, 0.2) is 70.9 Å². The number of fused-ring (bicyclic) bond motifs is 2. The quantitative estimate of drug-likeness (QED) is 0.158. The third kappa shape index (κ3) is 4.34. The van der Waals surface area contributed by atoms with Crippen molar-refractivity contribution in [2.24, 2.45) is 10.2 Å². The molecular weight excluding hydrogens is 390 g/mol. The van der Waals surface area contributed by atoms with Gasteiger partial charge in [-0.1, -0.05) is 46.6 Å². The summed E-state index contributed by atoms with van der Waals surface area (Å²) >= 11 is 0. The normalized spacial score (nSPS) is 10.7. The summed E-state index contributed by atoms with van der Waals surface area (Å²) in [5.41, 5.74) is 22.9. The number of azide groups is 2. The molecule has 0 atom stereocenters. The van der Waals surface area contributed by atoms with Crippen molar-refractivity contribution in [1.82, 2.24) is 9.88 Å². The first-order chi connectivity index (χ1) is 15.1. The number of nitrogens with zero attached hydrogens (tertiary/aromatic N) is 8. The van der Waals surface area contributed by atoms with Gasteiger partial charge in [0.2, 0.25) is 0 Å². The standard InChI is InChI=1S/C22H19N9/c1-31(2)13-14-3-5-15(6-4-14)25-22-18-9-7-16(27-29-23)11-20(18)26-21-12-17(28-30-24)8-10-19(21)22/h3-12H,13H2,1-2H3,(H,25,26). The lowest BCUT2D eigenvalue weighted by atomic mass is 10.1. The third-order valence-electron chi connectivity index (χ3n) is 4.78. The third-order valence-corrected chi connectivity index (χ3v) is 4.78. The van der Waals surface area contributed by atoms with Crippen molar-refractivity contribution in [3.63, 3.8) is 0 Å². The van der Waals surface area contributed by atoms with Crippen LogP contribution in [0.25, 0.3) is 42.7 Å². The van der Waals surface area contributed by atoms with Gasteiger partial charge in [-0.15, -0.1) is 0 Å². The summed E-state index contributed by atoms with van der Waals surface area (Å²) in [6, 6.07) is 19.0. The molecule has 1 heterocycles. The summed E-state index contributed by atoms with van der Waals surface area (Å²) < 4.78 is 0. The fourth-order valence-electron chi connectivity index (χ4n) is 3.49. The molecule has 9 nitrogen and oxygen atoms in total. The molecular formula is C22H19N9. The summed E-state index contributed by atoms with van der Waals surface area (Å²) in [6.07, 6.45) is 0. The van der Waals surface area contributed by atoms with Crippen LogP contribution in [-0.2, 0) is 6.54 Å². The van der Waals surface area contributed by atoms with E-state index in [0.717, 1.165) is 28.7 Å². The van der Waals surface area contributed by atoms with Crippen LogP contribution in [0.3, 0.4) is 0 Å². The SMILES string of the molecule is CN(C)Cc1ccc(Nc2c3ccc(N=[N+]=[N-])cc3nc3cc(N=[N+]=[N-])ccc23)cc1. The molecule has 0 amide bonds. The smallest absolute Gasteiger partial charge is 0.0735 e. The van der Waals surface area contributed by atoms with Gasteiger partial charge in [-0.05, 0) is 55.0 Å². The van der Waals surface area contributed by atoms with Crippen molar-refractivity contribution < 1.29 is 0 Å². The molecule has 0 aliphatic rings. The van der Waals surface area contributed by atoms with E-state index >= 15 is 0 Å². The largest absolute Gasteiger partial charge is 0.354 e. The zero-order valence-corrected chi connectivity index (χ0v) is 17.1. The van der Waals surface area contributed by atoms with E-state index in [9.17, 15) is 0 Å². The van der Waals surface area contributed by atoms with Crippen LogP contribution in [0, 0.1) is 0 Å². The second-order valence-corrected chi connectivity index (χ2v) is 7.33. The molecule has 0 aliphatic heterocycles. The Kier molecular flexibility index (Phi) is 5.55. The van der Waals surface area contributed by atoms with E-state index in [1.807, 2.05) is 38.4 Å². The molecule has 0 spiro atoms. The molecule has 0 bridgehead atoms. The molecule has 0 aliphatic carbocycles. The van der Waals surface area contributed by atoms with Crippen LogP contribution < -0.4 is 5.32 Å². The summed E-state index contributed by atoms with van der Waals surface area (Å²) in [6.45, 7) is 0.867. The number of nitrogens with one attached hydrogen (secondary N) is 1. The molecule has 3 aromatic carbocycles. The predicted octanol–water partition coefficient (Wildman–Crippen LogP) is 7.08. The van der Waals surface area contributed by atoms with E-state index in [1.54, 1.807) is 24.3 Å². The van der Waals surface area contributed by atoms with E-state index in [1.165, 1.54) is 5.56 Å². The predicted molar refractivity (Wildman–Crippen MR) is 124 cm³/mol. The van der Waals surface area contributed by atoms with Crippen molar-refractivity contribution in [3.05, 3.63) is 87.1 Å². The Morgan fingerprint density at radius 1 is 0.839 bits per heavy atom. The number of aromatic nitrogens is 1. The van der Waals surface area contributed by atoms with E-state index in [4.69, 9.17) is 16.0 Å².